The maximum absolute atomic E-state index is 4.59. The van der Waals surface area contributed by atoms with E-state index in [-0.39, 0.29) is 51.0 Å². The molecule has 2 saturated carbocycles. The van der Waals surface area contributed by atoms with Crippen molar-refractivity contribution in [2.75, 3.05) is 0 Å². The number of fused-ring (bicyclic) bond motifs is 22. The largest absolute Gasteiger partial charge is 0.357 e. The molecule has 0 unspecified atom stereocenters. The average Bonchev–Trinajstić information content (AvgIpc) is 1.55. The minimum Gasteiger partial charge on any atom is -0.357 e. The van der Waals surface area contributed by atoms with Crippen LogP contribution in [0.2, 0.25) is 0 Å². The predicted octanol–water partition coefficient (Wildman–Crippen LogP) is 34.9. The molecule has 8 aromatic heterocycles. The van der Waals surface area contributed by atoms with Gasteiger partial charge in [-0.2, -0.15) is 12.1 Å². The fourth-order valence-corrected chi connectivity index (χ4v) is 24.9. The zero-order chi connectivity index (χ0) is 96.3. The fraction of sp³-hybridized carbons (Fsp3) is 0.0725. The molecule has 2 fully saturated rings. The van der Waals surface area contributed by atoms with E-state index in [1.807, 2.05) is 85.2 Å². The predicted molar refractivity (Wildman–Crippen MR) is 601 cm³/mol. The second-order valence-corrected chi connectivity index (χ2v) is 39.4. The zero-order valence-electron chi connectivity index (χ0n) is 80.9. The Labute approximate surface area is 886 Å². The molecule has 148 heavy (non-hydrogen) atoms. The molecular weight excluding hydrogens is 2150 g/mol. The number of nitrogens with zero attached hydrogens (tertiary/aromatic N) is 8. The number of aromatic nitrogens is 8. The Bertz CT molecular complexity index is 8630. The van der Waals surface area contributed by atoms with Gasteiger partial charge in [-0.3, -0.25) is 0 Å². The molecule has 2 radical (unpaired) electrons. The molecule has 0 aliphatic heterocycles. The summed E-state index contributed by atoms with van der Waals surface area (Å²) in [7, 11) is 0. The summed E-state index contributed by atoms with van der Waals surface area (Å²) in [5.41, 5.74) is 45.7. The minimum absolute atomic E-state index is 0. The number of hydrogen-bond acceptors (Lipinski definition) is 4. The van der Waals surface area contributed by atoms with Crippen LogP contribution in [0.1, 0.15) is 73.6 Å². The second-order valence-electron chi connectivity index (χ2n) is 39.4. The molecule has 708 valence electrons. The number of para-hydroxylation sites is 8. The maximum Gasteiger partial charge on any atom is 0.0541 e. The van der Waals surface area contributed by atoms with Crippen molar-refractivity contribution in [3.05, 3.63) is 520 Å². The van der Waals surface area contributed by atoms with E-state index in [2.05, 4.69) is 439 Å². The van der Waals surface area contributed by atoms with Crippen molar-refractivity contribution in [2.45, 2.75) is 62.2 Å². The van der Waals surface area contributed by atoms with Crippen molar-refractivity contribution in [1.29, 1.82) is 0 Å². The summed E-state index contributed by atoms with van der Waals surface area (Å²) >= 11 is 0. The van der Waals surface area contributed by atoms with Crippen LogP contribution in [0.15, 0.2) is 474 Å². The first kappa shape index (κ1) is 91.0. The van der Waals surface area contributed by atoms with Gasteiger partial charge in [0.05, 0.1) is 44.1 Å². The first-order valence-corrected chi connectivity index (χ1v) is 50.9. The Morgan fingerprint density at radius 2 is 0.439 bits per heavy atom. The third-order valence-corrected chi connectivity index (χ3v) is 31.4. The van der Waals surface area contributed by atoms with Crippen molar-refractivity contribution < 1.29 is 40.2 Å². The fourth-order valence-electron chi connectivity index (χ4n) is 24.9. The second kappa shape index (κ2) is 37.9. The summed E-state index contributed by atoms with van der Waals surface area (Å²) in [4.78, 5) is 17.4. The van der Waals surface area contributed by atoms with Gasteiger partial charge in [-0.25, -0.2) is 12.1 Å². The van der Waals surface area contributed by atoms with Crippen LogP contribution in [0.5, 0.6) is 0 Å². The summed E-state index contributed by atoms with van der Waals surface area (Å²) < 4.78 is 9.89. The van der Waals surface area contributed by atoms with E-state index in [0.29, 0.717) is 0 Å². The molecule has 0 saturated heterocycles. The molecule has 0 N–H and O–H groups in total. The van der Waals surface area contributed by atoms with Crippen LogP contribution in [0.4, 0.5) is 0 Å². The summed E-state index contributed by atoms with van der Waals surface area (Å²) in [5, 5.41) is 10.1. The van der Waals surface area contributed by atoms with Crippen LogP contribution in [0, 0.1) is 24.3 Å². The normalized spacial score (nSPS) is 13.3. The molecule has 30 rings (SSSR count). The van der Waals surface area contributed by atoms with Crippen LogP contribution in [0.25, 0.3) is 233 Å². The van der Waals surface area contributed by atoms with Crippen LogP contribution >= 0.6 is 0 Å². The van der Waals surface area contributed by atoms with Crippen LogP contribution in [-0.4, -0.2) is 38.2 Å². The van der Waals surface area contributed by atoms with E-state index in [9.17, 15) is 0 Å². The van der Waals surface area contributed by atoms with Crippen molar-refractivity contribution in [3.8, 4) is 146 Å². The summed E-state index contributed by atoms with van der Waals surface area (Å²) in [6, 6.07) is 177. The molecule has 8 nitrogen and oxygen atoms in total. The molecule has 0 atom stereocenters. The van der Waals surface area contributed by atoms with Crippen LogP contribution in [-0.2, 0) is 51.0 Å². The summed E-state index contributed by atoms with van der Waals surface area (Å²) in [6.07, 6.45) is 16.7. The van der Waals surface area contributed by atoms with E-state index in [0.717, 1.165) is 93.5 Å². The molecule has 0 bridgehead atoms. The molecule has 0 amide bonds. The molecule has 18 aromatic carbocycles. The van der Waals surface area contributed by atoms with Crippen molar-refractivity contribution in [3.63, 3.8) is 0 Å². The first-order valence-electron chi connectivity index (χ1n) is 50.9. The average molecular weight is 2250 g/mol. The summed E-state index contributed by atoms with van der Waals surface area (Å²) in [5.74, 6) is 0. The monoisotopic (exact) mass is 2250 g/mol. The van der Waals surface area contributed by atoms with Gasteiger partial charge in [0.25, 0.3) is 0 Å². The Morgan fingerprint density at radius 1 is 0.189 bits per heavy atom. The molecule has 26 aromatic rings. The third kappa shape index (κ3) is 15.5. The van der Waals surface area contributed by atoms with Crippen molar-refractivity contribution in [1.82, 2.24) is 38.2 Å². The van der Waals surface area contributed by atoms with Gasteiger partial charge in [0.2, 0.25) is 0 Å². The standard InChI is InChI=1S/2C64H44N3.C10H6N2.2Ir/c2*1-5-24-60-53(19-1)54-20-2-6-25-61(54)66(60)49-37-48(38-50(41-49)67-62-26-7-3-21-55(62)56-22-4-8-27-63(56)67)46-29-31-52-51-30-28-45(39-57(51)64(58(52)40-46)32-10-11-33-64)43-16-13-15-42(35-43)44-17-14-18-47(36-44)59-23-9-12-34-65-59;1-3-7-11-9(5-1)10-6-2-4-8-12-10;;/h2*1-9,12-17,19-31,34-41H,10-11,32-33H2;1-4,7-8H;;/q2*-1;-2;;. The molecule has 4 aliphatic rings. The number of benzene rings is 18. The van der Waals surface area contributed by atoms with E-state index in [4.69, 9.17) is 0 Å². The SMILES string of the molecule is [Ir].[Ir].[c-]1ccc(-c2cccc(-c3ccc4c(c3)C3(CCCC3)c3cc(-c5cc(-n6c7ccccc7c7ccccc76)cc(-n6c7ccccc7c7ccccc76)c5)ccc3-4)c2)cc1-c1ccccn1.[c-]1ccc(-c2cccc(-c3ccc4c(c3)C3(CCCC3)c3cc(-c5cc(-n6c7ccccc7c7ccccc76)cc(-n6c7ccccc7c7ccccc76)c5)ccc3-4)c2)cc1-c1ccccn1.[c-]1cccnc1-c1[c-]cccn1. The minimum atomic E-state index is -0.0265. The van der Waals surface area contributed by atoms with Crippen molar-refractivity contribution >= 4 is 87.2 Å². The van der Waals surface area contributed by atoms with Crippen LogP contribution < -0.4 is 0 Å². The van der Waals surface area contributed by atoms with Crippen LogP contribution in [0.3, 0.4) is 0 Å². The van der Waals surface area contributed by atoms with E-state index in [1.165, 1.54) is 213 Å². The Morgan fingerprint density at radius 3 is 0.703 bits per heavy atom. The third-order valence-electron chi connectivity index (χ3n) is 31.4. The smallest absolute Gasteiger partial charge is 0.0541 e. The Kier molecular flexibility index (Phi) is 23.3. The van der Waals surface area contributed by atoms with Gasteiger partial charge in [0.15, 0.2) is 0 Å². The number of pyridine rings is 4. The number of rotatable bonds is 13. The molecule has 4 aliphatic carbocycles. The van der Waals surface area contributed by atoms with E-state index in [1.54, 1.807) is 12.4 Å². The Balaban J connectivity index is 0.000000133. The number of hydrogen-bond donors (Lipinski definition) is 0. The molecule has 2 spiro atoms. The van der Waals surface area contributed by atoms with E-state index >= 15 is 0 Å². The van der Waals surface area contributed by atoms with Gasteiger partial charge in [-0.1, -0.05) is 280 Å². The topological polar surface area (TPSA) is 71.3 Å². The Hall–Kier alpha value is -16.9. The summed E-state index contributed by atoms with van der Waals surface area (Å²) in [6.45, 7) is 0. The van der Waals surface area contributed by atoms with Crippen molar-refractivity contribution in [2.24, 2.45) is 0 Å². The zero-order valence-corrected chi connectivity index (χ0v) is 85.7. The van der Waals surface area contributed by atoms with Gasteiger partial charge < -0.3 is 38.2 Å². The maximum atomic E-state index is 4.59. The molecule has 8 heterocycles. The first-order chi connectivity index (χ1) is 72.3. The quantitative estimate of drug-likeness (QED) is 0.108. The van der Waals surface area contributed by atoms with Gasteiger partial charge >= 0.3 is 0 Å². The van der Waals surface area contributed by atoms with E-state index < -0.39 is 0 Å². The van der Waals surface area contributed by atoms with Gasteiger partial charge in [-0.05, 0) is 283 Å². The van der Waals surface area contributed by atoms with Gasteiger partial charge in [0.1, 0.15) is 0 Å². The molecule has 10 heteroatoms. The van der Waals surface area contributed by atoms with Gasteiger partial charge in [0, 0.05) is 129 Å². The molecular formula is C138H94Ir2N8-4. The van der Waals surface area contributed by atoms with Gasteiger partial charge in [-0.15, -0.1) is 94.3 Å².